The maximum Gasteiger partial charge on any atom is 0.408 e. The van der Waals surface area contributed by atoms with E-state index in [1.165, 1.54) is 4.90 Å². The van der Waals surface area contributed by atoms with E-state index in [4.69, 9.17) is 4.74 Å². The molecule has 0 aromatic heterocycles. The van der Waals surface area contributed by atoms with Crippen LogP contribution in [0, 0.1) is 6.92 Å². The Morgan fingerprint density at radius 3 is 1.97 bits per heavy atom. The number of amides is 3. The van der Waals surface area contributed by atoms with E-state index in [1.807, 2.05) is 72.7 Å². The van der Waals surface area contributed by atoms with E-state index in [0.717, 1.165) is 5.56 Å². The van der Waals surface area contributed by atoms with Crippen molar-refractivity contribution in [2.75, 3.05) is 6.61 Å². The van der Waals surface area contributed by atoms with Gasteiger partial charge in [-0.2, -0.15) is 0 Å². The number of aliphatic hydroxyl groups is 1. The van der Waals surface area contributed by atoms with E-state index < -0.39 is 47.4 Å². The van der Waals surface area contributed by atoms with E-state index in [0.29, 0.717) is 5.56 Å². The molecule has 3 N–H and O–H groups in total. The number of hydrogen-bond acceptors (Lipinski definition) is 5. The lowest BCUT2D eigenvalue weighted by Crippen LogP contribution is -2.60. The normalized spacial score (nSPS) is 14.2. The van der Waals surface area contributed by atoms with E-state index >= 15 is 0 Å². The van der Waals surface area contributed by atoms with Crippen LogP contribution in [0.4, 0.5) is 4.79 Å². The molecule has 0 spiro atoms. The maximum atomic E-state index is 13.7. The number of aliphatic hydroxyl groups excluding tert-OH is 1. The molecule has 0 saturated heterocycles. The Kier molecular flexibility index (Phi) is 9.08. The smallest absolute Gasteiger partial charge is 0.408 e. The largest absolute Gasteiger partial charge is 0.444 e. The number of alkyl carbamates (subject to hydrolysis) is 1. The zero-order valence-corrected chi connectivity index (χ0v) is 21.7. The number of carbonyl (C=O) groups excluding carboxylic acids is 3. The molecule has 2 unspecified atom stereocenters. The van der Waals surface area contributed by atoms with Crippen LogP contribution in [-0.2, 0) is 14.3 Å². The zero-order valence-electron chi connectivity index (χ0n) is 21.7. The Labute approximate surface area is 198 Å². The molecule has 186 valence electrons. The van der Waals surface area contributed by atoms with E-state index in [2.05, 4.69) is 10.6 Å². The standard InChI is InChI=1S/C25H41N3O5/c1-16-13-11-12-14-17(16)19(20(30)27-23(2,3)4)28(24(5,6)7)21(31)18(15-29)26-22(32)33-25(8,9)10/h11-14,18-19,29H,15H2,1-10H3,(H,26,32)(H,27,30). The minimum Gasteiger partial charge on any atom is -0.444 e. The highest BCUT2D eigenvalue weighted by Crippen LogP contribution is 2.32. The molecular formula is C25H41N3O5. The van der Waals surface area contributed by atoms with Crippen LogP contribution in [0.15, 0.2) is 24.3 Å². The molecule has 0 aliphatic carbocycles. The van der Waals surface area contributed by atoms with Crippen molar-refractivity contribution in [1.29, 1.82) is 0 Å². The Hall–Kier alpha value is -2.61. The van der Waals surface area contributed by atoms with Gasteiger partial charge in [-0.05, 0) is 80.4 Å². The first kappa shape index (κ1) is 28.4. The molecule has 0 radical (unpaired) electrons. The van der Waals surface area contributed by atoms with Gasteiger partial charge in [0.05, 0.1) is 6.61 Å². The fourth-order valence-electron chi connectivity index (χ4n) is 3.38. The molecular weight excluding hydrogens is 422 g/mol. The molecule has 1 aromatic rings. The molecule has 33 heavy (non-hydrogen) atoms. The zero-order chi connectivity index (χ0) is 25.8. The molecule has 3 amide bonds. The van der Waals surface area contributed by atoms with Crippen LogP contribution in [-0.4, -0.2) is 57.2 Å². The van der Waals surface area contributed by atoms with Gasteiger partial charge in [0.1, 0.15) is 17.7 Å². The molecule has 0 saturated carbocycles. The Morgan fingerprint density at radius 2 is 1.55 bits per heavy atom. The van der Waals surface area contributed by atoms with Crippen LogP contribution in [0.2, 0.25) is 0 Å². The molecule has 8 nitrogen and oxygen atoms in total. The second-order valence-corrected chi connectivity index (χ2v) is 11.3. The average molecular weight is 464 g/mol. The molecule has 0 fully saturated rings. The predicted molar refractivity (Wildman–Crippen MR) is 129 cm³/mol. The highest BCUT2D eigenvalue weighted by atomic mass is 16.6. The van der Waals surface area contributed by atoms with Gasteiger partial charge in [0, 0.05) is 11.1 Å². The van der Waals surface area contributed by atoms with Gasteiger partial charge in [0.25, 0.3) is 0 Å². The summed E-state index contributed by atoms with van der Waals surface area (Å²) >= 11 is 0. The molecule has 2 atom stereocenters. The van der Waals surface area contributed by atoms with Crippen LogP contribution in [0.1, 0.15) is 79.5 Å². The van der Waals surface area contributed by atoms with Crippen LogP contribution in [0.3, 0.4) is 0 Å². The predicted octanol–water partition coefficient (Wildman–Crippen LogP) is 3.46. The number of carbonyl (C=O) groups is 3. The summed E-state index contributed by atoms with van der Waals surface area (Å²) < 4.78 is 5.25. The summed E-state index contributed by atoms with van der Waals surface area (Å²) in [5.74, 6) is -0.942. The summed E-state index contributed by atoms with van der Waals surface area (Å²) in [5.41, 5.74) is -0.615. The Morgan fingerprint density at radius 1 is 1.00 bits per heavy atom. The van der Waals surface area contributed by atoms with Crippen molar-refractivity contribution >= 4 is 17.9 Å². The topological polar surface area (TPSA) is 108 Å². The first-order valence-electron chi connectivity index (χ1n) is 11.2. The summed E-state index contributed by atoms with van der Waals surface area (Å²) in [6, 6.07) is 5.10. The van der Waals surface area contributed by atoms with Gasteiger partial charge < -0.3 is 25.4 Å². The SMILES string of the molecule is Cc1ccccc1C(C(=O)NC(C)(C)C)N(C(=O)C(CO)NC(=O)OC(C)(C)C)C(C)(C)C. The summed E-state index contributed by atoms with van der Waals surface area (Å²) in [6.07, 6.45) is -0.824. The summed E-state index contributed by atoms with van der Waals surface area (Å²) in [6.45, 7) is 17.4. The van der Waals surface area contributed by atoms with Gasteiger partial charge in [-0.3, -0.25) is 9.59 Å². The van der Waals surface area contributed by atoms with Crippen molar-refractivity contribution in [3.05, 3.63) is 35.4 Å². The van der Waals surface area contributed by atoms with Gasteiger partial charge in [-0.1, -0.05) is 24.3 Å². The number of aryl methyl sites for hydroxylation is 1. The molecule has 1 rings (SSSR count). The molecule has 0 aliphatic rings. The van der Waals surface area contributed by atoms with Crippen LogP contribution < -0.4 is 10.6 Å². The van der Waals surface area contributed by atoms with Crippen LogP contribution >= 0.6 is 0 Å². The van der Waals surface area contributed by atoms with Crippen LogP contribution in [0.25, 0.3) is 0 Å². The third kappa shape index (κ3) is 8.68. The highest BCUT2D eigenvalue weighted by Gasteiger charge is 2.42. The second-order valence-electron chi connectivity index (χ2n) is 11.3. The van der Waals surface area contributed by atoms with Crippen molar-refractivity contribution in [1.82, 2.24) is 15.5 Å². The minimum absolute atomic E-state index is 0.353. The lowest BCUT2D eigenvalue weighted by atomic mass is 9.92. The molecule has 0 heterocycles. The van der Waals surface area contributed by atoms with Crippen molar-refractivity contribution in [2.45, 2.75) is 98.0 Å². The van der Waals surface area contributed by atoms with E-state index in [9.17, 15) is 19.5 Å². The number of hydrogen-bond donors (Lipinski definition) is 3. The monoisotopic (exact) mass is 463 g/mol. The lowest BCUT2D eigenvalue weighted by Gasteiger charge is -2.43. The lowest BCUT2D eigenvalue weighted by molar-refractivity contribution is -0.149. The van der Waals surface area contributed by atoms with E-state index in [1.54, 1.807) is 20.8 Å². The average Bonchev–Trinajstić information content (AvgIpc) is 2.60. The van der Waals surface area contributed by atoms with Gasteiger partial charge in [-0.15, -0.1) is 0 Å². The van der Waals surface area contributed by atoms with Gasteiger partial charge in [-0.25, -0.2) is 4.79 Å². The summed E-state index contributed by atoms with van der Waals surface area (Å²) in [4.78, 5) is 41.0. The molecule has 8 heteroatoms. The van der Waals surface area contributed by atoms with E-state index in [-0.39, 0.29) is 5.91 Å². The molecule has 0 bridgehead atoms. The molecule has 1 aromatic carbocycles. The Balaban J connectivity index is 3.52. The summed E-state index contributed by atoms with van der Waals surface area (Å²) in [5, 5.41) is 15.4. The fourth-order valence-corrected chi connectivity index (χ4v) is 3.38. The number of benzene rings is 1. The third-order valence-corrected chi connectivity index (χ3v) is 4.62. The van der Waals surface area contributed by atoms with Gasteiger partial charge in [0.2, 0.25) is 11.8 Å². The first-order valence-corrected chi connectivity index (χ1v) is 11.2. The Bertz CT molecular complexity index is 847. The van der Waals surface area contributed by atoms with Gasteiger partial charge >= 0.3 is 6.09 Å². The third-order valence-electron chi connectivity index (χ3n) is 4.62. The number of ether oxygens (including phenoxy) is 1. The van der Waals surface area contributed by atoms with Crippen molar-refractivity contribution in [3.63, 3.8) is 0 Å². The number of rotatable bonds is 6. The highest BCUT2D eigenvalue weighted by molar-refractivity contribution is 5.93. The minimum atomic E-state index is -1.28. The summed E-state index contributed by atoms with van der Waals surface area (Å²) in [7, 11) is 0. The van der Waals surface area contributed by atoms with Crippen molar-refractivity contribution < 1.29 is 24.2 Å². The number of nitrogens with one attached hydrogen (secondary N) is 2. The quantitative estimate of drug-likeness (QED) is 0.599. The van der Waals surface area contributed by atoms with Gasteiger partial charge in [0.15, 0.2) is 0 Å². The first-order chi connectivity index (χ1) is 14.9. The second kappa shape index (κ2) is 10.5. The van der Waals surface area contributed by atoms with Crippen molar-refractivity contribution in [2.24, 2.45) is 0 Å². The van der Waals surface area contributed by atoms with Crippen molar-refractivity contribution in [3.8, 4) is 0 Å². The van der Waals surface area contributed by atoms with Crippen LogP contribution in [0.5, 0.6) is 0 Å². The fraction of sp³-hybridized carbons (Fsp3) is 0.640. The molecule has 0 aliphatic heterocycles. The maximum absolute atomic E-state index is 13.7. The number of nitrogens with zero attached hydrogens (tertiary/aromatic N) is 1.